The Bertz CT molecular complexity index is 1590. The van der Waals surface area contributed by atoms with Gasteiger partial charge in [0.2, 0.25) is 0 Å². The van der Waals surface area contributed by atoms with Crippen LogP contribution in [-0.2, 0) is 19.2 Å². The fourth-order valence-electron chi connectivity index (χ4n) is 9.52. The minimum absolute atomic E-state index is 0. The fraction of sp³-hybridized carbons (Fsp3) is 0.643. The van der Waals surface area contributed by atoms with Gasteiger partial charge in [0.05, 0.1) is 28.2 Å². The molecule has 12 heteroatoms. The molecule has 0 fully saturated rings. The molecule has 0 unspecified atom stereocenters. The Hall–Kier alpha value is -2.40. The van der Waals surface area contributed by atoms with E-state index in [0.29, 0.717) is 73.5 Å². The molecule has 0 spiro atoms. The Kier molecular flexibility index (Phi) is 34.5. The maximum Gasteiger partial charge on any atom is 0.156 e. The molecular formula is C56H96Cl4N4O4. The van der Waals surface area contributed by atoms with Crippen LogP contribution in [0.15, 0.2) is 95.2 Å². The van der Waals surface area contributed by atoms with Crippen molar-refractivity contribution in [3.05, 3.63) is 95.2 Å². The van der Waals surface area contributed by atoms with E-state index in [9.17, 15) is 19.2 Å². The number of nitrogens with two attached hydrogens (primary N) is 4. The van der Waals surface area contributed by atoms with Crippen LogP contribution >= 0.6 is 0 Å². The van der Waals surface area contributed by atoms with Crippen molar-refractivity contribution in [1.82, 2.24) is 0 Å². The molecule has 68 heavy (non-hydrogen) atoms. The number of rotatable bonds is 12. The first-order chi connectivity index (χ1) is 29.5. The Morgan fingerprint density at radius 3 is 0.647 bits per heavy atom. The second kappa shape index (κ2) is 32.5. The minimum Gasteiger partial charge on any atom is -1.00 e. The van der Waals surface area contributed by atoms with Crippen LogP contribution < -0.4 is 70.9 Å². The molecule has 8 atom stereocenters. The first kappa shape index (κ1) is 72.1. The van der Waals surface area contributed by atoms with Crippen molar-refractivity contribution in [2.75, 3.05) is 28.2 Å². The molecule has 392 valence electrons. The largest absolute Gasteiger partial charge is 1.00 e. The molecule has 8 nitrogen and oxygen atoms in total. The van der Waals surface area contributed by atoms with E-state index in [1.807, 2.05) is 0 Å². The lowest BCUT2D eigenvalue weighted by Crippen LogP contribution is -3.00. The Morgan fingerprint density at radius 1 is 0.382 bits per heavy atom. The van der Waals surface area contributed by atoms with Crippen molar-refractivity contribution >= 4 is 23.1 Å². The quantitative estimate of drug-likeness (QED) is 0.146. The third-order valence-corrected chi connectivity index (χ3v) is 13.9. The summed E-state index contributed by atoms with van der Waals surface area (Å²) in [5.41, 5.74) is 5.00. The highest BCUT2D eigenvalue weighted by Crippen LogP contribution is 2.43. The molecule has 0 aromatic heterocycles. The van der Waals surface area contributed by atoms with Crippen LogP contribution in [0.4, 0.5) is 0 Å². The summed E-state index contributed by atoms with van der Waals surface area (Å²) in [5.74, 6) is 2.65. The number of allylic oxidation sites excluding steroid dienone is 12. The summed E-state index contributed by atoms with van der Waals surface area (Å²) < 4.78 is 0. The maximum atomic E-state index is 11.5. The van der Waals surface area contributed by atoms with Gasteiger partial charge in [0.15, 0.2) is 23.1 Å². The van der Waals surface area contributed by atoms with Crippen LogP contribution in [-0.4, -0.2) is 75.5 Å². The smallest absolute Gasteiger partial charge is 0.156 e. The average molecular weight is 1030 g/mol. The van der Waals surface area contributed by atoms with E-state index in [0.717, 1.165) is 0 Å². The molecule has 0 aromatic carbocycles. The lowest BCUT2D eigenvalue weighted by molar-refractivity contribution is -0.649. The lowest BCUT2D eigenvalue weighted by atomic mass is 9.68. The number of hydrogen-bond donors (Lipinski definition) is 4. The first-order valence-corrected chi connectivity index (χ1v) is 24.2. The lowest BCUT2D eigenvalue weighted by Gasteiger charge is -2.35. The van der Waals surface area contributed by atoms with Crippen LogP contribution in [0.25, 0.3) is 0 Å². The summed E-state index contributed by atoms with van der Waals surface area (Å²) in [4.78, 5) is 46.1. The van der Waals surface area contributed by atoms with E-state index in [1.165, 1.54) is 22.3 Å². The van der Waals surface area contributed by atoms with Crippen molar-refractivity contribution in [3.63, 3.8) is 0 Å². The maximum absolute atomic E-state index is 11.5. The van der Waals surface area contributed by atoms with Gasteiger partial charge in [0.1, 0.15) is 24.2 Å². The summed E-state index contributed by atoms with van der Waals surface area (Å²) in [5, 5.41) is 8.71. The number of halogens is 4. The van der Waals surface area contributed by atoms with Gasteiger partial charge in [-0.1, -0.05) is 102 Å². The van der Waals surface area contributed by atoms with Gasteiger partial charge in [-0.2, -0.15) is 0 Å². The Morgan fingerprint density at radius 2 is 0.529 bits per heavy atom. The number of hydrogen-bond acceptors (Lipinski definition) is 4. The number of quaternary nitrogens is 4. The second-order valence-corrected chi connectivity index (χ2v) is 22.3. The monoisotopic (exact) mass is 1030 g/mol. The SMILES string of the molecule is C[NH2+][C@@H](C)/C=C/[C@@H]1C(C)=CC(=O)CC1(C)C.C[NH2+][C@@H](C)/C=C/[C@@H]1C(C)=CC(=O)CC1(C)C.C[NH2+][C@@H](C)/C=C/[C@@H]1C(C)=CC(=O)CC1(C)C.C[NH2+][C@@H](C)/C=C/[C@@H]1C(C)=CC(=O)CC1(C)C.[Cl-].[Cl-].[Cl-].[Cl-]. The van der Waals surface area contributed by atoms with Gasteiger partial charge in [-0.3, -0.25) is 19.2 Å². The van der Waals surface area contributed by atoms with Gasteiger partial charge < -0.3 is 70.9 Å². The molecule has 4 aliphatic carbocycles. The molecule has 0 amide bonds. The highest BCUT2D eigenvalue weighted by atomic mass is 35.5. The van der Waals surface area contributed by atoms with Crippen LogP contribution in [0.5, 0.6) is 0 Å². The summed E-state index contributed by atoms with van der Waals surface area (Å²) in [6.07, 6.45) is 27.9. The number of likely N-dealkylation sites (N-methyl/N-ethyl adjacent to an activating group) is 4. The van der Waals surface area contributed by atoms with E-state index in [4.69, 9.17) is 0 Å². The van der Waals surface area contributed by atoms with E-state index < -0.39 is 0 Å². The normalized spacial score (nSPS) is 25.4. The predicted molar refractivity (Wildman–Crippen MR) is 268 cm³/mol. The van der Waals surface area contributed by atoms with Crippen molar-refractivity contribution in [2.24, 2.45) is 45.3 Å². The minimum atomic E-state index is 0. The van der Waals surface area contributed by atoms with E-state index in [-0.39, 0.29) is 94.4 Å². The van der Waals surface area contributed by atoms with Gasteiger partial charge in [-0.05, 0) is 126 Å². The summed E-state index contributed by atoms with van der Waals surface area (Å²) in [7, 11) is 8.31. The molecule has 0 aromatic rings. The van der Waals surface area contributed by atoms with Crippen LogP contribution in [0.2, 0.25) is 0 Å². The molecule has 0 radical (unpaired) electrons. The standard InChI is InChI=1S/4C14H23NO.4ClH/c4*1-10-8-12(16)9-14(3,4)13(10)7-6-11(2)15-5;;;;/h4*6-8,11,13,15H,9H2,1-5H3;4*1H/b4*7-6+;;;;/t4*11-,13+;;;;/m0000..../s1. The zero-order chi connectivity index (χ0) is 49.4. The zero-order valence-corrected chi connectivity index (χ0v) is 48.9. The fourth-order valence-corrected chi connectivity index (χ4v) is 9.52. The molecule has 8 N–H and O–H groups in total. The first-order valence-electron chi connectivity index (χ1n) is 24.2. The highest BCUT2D eigenvalue weighted by molar-refractivity contribution is 5.93. The topological polar surface area (TPSA) is 135 Å². The van der Waals surface area contributed by atoms with Gasteiger partial charge in [0, 0.05) is 49.4 Å². The van der Waals surface area contributed by atoms with Crippen LogP contribution in [0.3, 0.4) is 0 Å². The number of ketones is 4. The predicted octanol–water partition coefficient (Wildman–Crippen LogP) is -5.24. The van der Waals surface area contributed by atoms with E-state index in [2.05, 4.69) is 209 Å². The van der Waals surface area contributed by atoms with Crippen molar-refractivity contribution in [3.8, 4) is 0 Å². The second-order valence-electron chi connectivity index (χ2n) is 22.3. The van der Waals surface area contributed by atoms with Gasteiger partial charge >= 0.3 is 0 Å². The number of carbonyl (C=O) groups is 4. The third-order valence-electron chi connectivity index (χ3n) is 13.9. The van der Waals surface area contributed by atoms with E-state index >= 15 is 0 Å². The third kappa shape index (κ3) is 24.1. The highest BCUT2D eigenvalue weighted by Gasteiger charge is 2.37. The summed E-state index contributed by atoms with van der Waals surface area (Å²) in [6.45, 7) is 34.4. The molecule has 0 saturated carbocycles. The molecule has 4 rings (SSSR count). The van der Waals surface area contributed by atoms with Gasteiger partial charge in [-0.15, -0.1) is 0 Å². The molecule has 0 aliphatic heterocycles. The molecule has 4 aliphatic rings. The van der Waals surface area contributed by atoms with Crippen LogP contribution in [0.1, 0.15) is 136 Å². The van der Waals surface area contributed by atoms with Gasteiger partial charge in [0.25, 0.3) is 0 Å². The summed E-state index contributed by atoms with van der Waals surface area (Å²) in [6, 6.07) is 2.00. The van der Waals surface area contributed by atoms with E-state index in [1.54, 1.807) is 24.3 Å². The van der Waals surface area contributed by atoms with Crippen LogP contribution in [0, 0.1) is 45.3 Å². The zero-order valence-electron chi connectivity index (χ0n) is 45.8. The molecule has 0 bridgehead atoms. The van der Waals surface area contributed by atoms with Crippen molar-refractivity contribution in [1.29, 1.82) is 0 Å². The number of carbonyl (C=O) groups excluding carboxylic acids is 4. The van der Waals surface area contributed by atoms with Crippen molar-refractivity contribution in [2.45, 2.75) is 161 Å². The molecular weight excluding hydrogens is 934 g/mol. The van der Waals surface area contributed by atoms with Crippen molar-refractivity contribution < 1.29 is 90.1 Å². The molecule has 0 heterocycles. The average Bonchev–Trinajstić information content (AvgIpc) is 3.15. The molecule has 0 saturated heterocycles. The summed E-state index contributed by atoms with van der Waals surface area (Å²) >= 11 is 0. The Balaban J connectivity index is -0.000000394. The van der Waals surface area contributed by atoms with Gasteiger partial charge in [-0.25, -0.2) is 0 Å². The Labute approximate surface area is 440 Å².